The Hall–Kier alpha value is -0.900. The molecule has 1 aliphatic carbocycles. The third kappa shape index (κ3) is 3.06. The zero-order valence-corrected chi connectivity index (χ0v) is 11.1. The minimum absolute atomic E-state index is 0.116. The number of halogens is 2. The number of carbonyl (C=O) groups excluding carboxylic acids is 1. The van der Waals surface area contributed by atoms with Gasteiger partial charge in [0.15, 0.2) is 0 Å². The van der Waals surface area contributed by atoms with Crippen molar-refractivity contribution in [2.45, 2.75) is 38.1 Å². The maximum atomic E-state index is 13.7. The Morgan fingerprint density at radius 2 is 2.00 bits per heavy atom. The van der Waals surface area contributed by atoms with E-state index in [-0.39, 0.29) is 17.5 Å². The number of nitrogens with one attached hydrogen (secondary N) is 1. The Bertz CT molecular complexity index is 416. The molecule has 1 fully saturated rings. The van der Waals surface area contributed by atoms with E-state index in [1.807, 2.05) is 0 Å². The number of hydrogen-bond donors (Lipinski definition) is 1. The highest BCUT2D eigenvalue weighted by Gasteiger charge is 2.19. The van der Waals surface area contributed by atoms with Crippen molar-refractivity contribution < 1.29 is 9.18 Å². The summed E-state index contributed by atoms with van der Waals surface area (Å²) in [6, 6.07) is 4.98. The van der Waals surface area contributed by atoms with Crippen molar-refractivity contribution in [2.75, 3.05) is 0 Å². The third-order valence-corrected chi connectivity index (χ3v) is 3.75. The van der Waals surface area contributed by atoms with Gasteiger partial charge in [-0.15, -0.1) is 0 Å². The summed E-state index contributed by atoms with van der Waals surface area (Å²) in [6.45, 7) is 0. The topological polar surface area (TPSA) is 29.1 Å². The fourth-order valence-electron chi connectivity index (χ4n) is 2.19. The first kappa shape index (κ1) is 12.6. The van der Waals surface area contributed by atoms with Crippen LogP contribution in [0.25, 0.3) is 0 Å². The van der Waals surface area contributed by atoms with Crippen molar-refractivity contribution in [3.63, 3.8) is 0 Å². The molecular weight excluding hydrogens is 285 g/mol. The van der Waals surface area contributed by atoms with Crippen LogP contribution in [-0.4, -0.2) is 11.9 Å². The molecular formula is C13H15BrFNO. The first-order valence-electron chi connectivity index (χ1n) is 5.93. The molecule has 0 spiro atoms. The van der Waals surface area contributed by atoms with Crippen LogP contribution in [0.15, 0.2) is 22.7 Å². The molecule has 2 nitrogen and oxygen atoms in total. The van der Waals surface area contributed by atoms with Gasteiger partial charge >= 0.3 is 0 Å². The minimum Gasteiger partial charge on any atom is -0.349 e. The van der Waals surface area contributed by atoms with E-state index < -0.39 is 5.82 Å². The van der Waals surface area contributed by atoms with E-state index in [0.29, 0.717) is 4.47 Å². The Morgan fingerprint density at radius 3 is 2.71 bits per heavy atom. The lowest BCUT2D eigenvalue weighted by Gasteiger charge is -2.22. The molecule has 4 heteroatoms. The van der Waals surface area contributed by atoms with E-state index in [1.54, 1.807) is 12.1 Å². The van der Waals surface area contributed by atoms with E-state index in [4.69, 9.17) is 0 Å². The van der Waals surface area contributed by atoms with Crippen LogP contribution in [0.3, 0.4) is 0 Å². The molecule has 0 bridgehead atoms. The summed E-state index contributed by atoms with van der Waals surface area (Å²) >= 11 is 3.08. The molecule has 0 aromatic heterocycles. The summed E-state index contributed by atoms with van der Waals surface area (Å²) in [5.41, 5.74) is 0.116. The fraction of sp³-hybridized carbons (Fsp3) is 0.462. The highest BCUT2D eigenvalue weighted by molar-refractivity contribution is 9.10. The van der Waals surface area contributed by atoms with Gasteiger partial charge in [-0.25, -0.2) is 4.39 Å². The molecule has 1 aromatic rings. The van der Waals surface area contributed by atoms with Crippen molar-refractivity contribution in [2.24, 2.45) is 0 Å². The van der Waals surface area contributed by atoms with Gasteiger partial charge in [0.2, 0.25) is 0 Å². The number of rotatable bonds is 2. The summed E-state index contributed by atoms with van der Waals surface area (Å²) in [7, 11) is 0. The minimum atomic E-state index is -0.485. The van der Waals surface area contributed by atoms with Crippen LogP contribution in [-0.2, 0) is 0 Å². The molecule has 0 aliphatic heterocycles. The highest BCUT2D eigenvalue weighted by Crippen LogP contribution is 2.21. The van der Waals surface area contributed by atoms with Crippen molar-refractivity contribution in [3.05, 3.63) is 34.1 Å². The normalized spacial score (nSPS) is 16.8. The van der Waals surface area contributed by atoms with E-state index in [9.17, 15) is 9.18 Å². The lowest BCUT2D eigenvalue weighted by atomic mass is 9.95. The van der Waals surface area contributed by atoms with Crippen LogP contribution in [0.4, 0.5) is 4.39 Å². The zero-order valence-electron chi connectivity index (χ0n) is 9.51. The number of benzene rings is 1. The predicted octanol–water partition coefficient (Wildman–Crippen LogP) is 3.65. The average molecular weight is 300 g/mol. The molecule has 1 aliphatic rings. The first-order chi connectivity index (χ1) is 8.18. The third-order valence-electron chi connectivity index (χ3n) is 3.14. The van der Waals surface area contributed by atoms with Crippen LogP contribution in [0.2, 0.25) is 0 Å². The van der Waals surface area contributed by atoms with Gasteiger partial charge in [0, 0.05) is 6.04 Å². The van der Waals surface area contributed by atoms with Crippen molar-refractivity contribution in [1.29, 1.82) is 0 Å². The largest absolute Gasteiger partial charge is 0.349 e. The first-order valence-corrected chi connectivity index (χ1v) is 6.72. The number of amides is 1. The number of carbonyl (C=O) groups is 1. The van der Waals surface area contributed by atoms with Crippen LogP contribution >= 0.6 is 15.9 Å². The molecule has 92 valence electrons. The standard InChI is InChI=1S/C13H15BrFNO/c14-11-8-4-7-10(12(11)15)13(17)16-9-5-2-1-3-6-9/h4,7-9H,1-3,5-6H2,(H,16,17). The SMILES string of the molecule is O=C(NC1CCCCC1)c1cccc(Br)c1F. The van der Waals surface area contributed by atoms with Gasteiger partial charge < -0.3 is 5.32 Å². The Morgan fingerprint density at radius 1 is 1.29 bits per heavy atom. The fourth-order valence-corrected chi connectivity index (χ4v) is 2.56. The van der Waals surface area contributed by atoms with Crippen molar-refractivity contribution >= 4 is 21.8 Å². The Kier molecular flexibility index (Phi) is 4.15. The second-order valence-electron chi connectivity index (χ2n) is 4.41. The average Bonchev–Trinajstić information content (AvgIpc) is 2.34. The summed E-state index contributed by atoms with van der Waals surface area (Å²) < 4.78 is 14.0. The van der Waals surface area contributed by atoms with Gasteiger partial charge in [-0.05, 0) is 40.9 Å². The lowest BCUT2D eigenvalue weighted by Crippen LogP contribution is -2.36. The summed E-state index contributed by atoms with van der Waals surface area (Å²) in [5.74, 6) is -0.795. The molecule has 0 saturated heterocycles. The van der Waals surface area contributed by atoms with Gasteiger partial charge in [-0.3, -0.25) is 4.79 Å². The van der Waals surface area contributed by atoms with E-state index in [1.165, 1.54) is 12.5 Å². The van der Waals surface area contributed by atoms with Crippen LogP contribution in [0, 0.1) is 5.82 Å². The highest BCUT2D eigenvalue weighted by atomic mass is 79.9. The summed E-state index contributed by atoms with van der Waals surface area (Å²) in [5, 5.41) is 2.90. The second kappa shape index (κ2) is 5.63. The molecule has 1 amide bonds. The molecule has 1 aromatic carbocycles. The van der Waals surface area contributed by atoms with Crippen LogP contribution in [0.5, 0.6) is 0 Å². The lowest BCUT2D eigenvalue weighted by molar-refractivity contribution is 0.0923. The Labute approximate surface area is 109 Å². The van der Waals surface area contributed by atoms with E-state index in [0.717, 1.165) is 25.7 Å². The van der Waals surface area contributed by atoms with Gasteiger partial charge in [-0.1, -0.05) is 25.3 Å². The molecule has 17 heavy (non-hydrogen) atoms. The second-order valence-corrected chi connectivity index (χ2v) is 5.26. The van der Waals surface area contributed by atoms with Gasteiger partial charge in [0.25, 0.3) is 5.91 Å². The maximum absolute atomic E-state index is 13.7. The predicted molar refractivity (Wildman–Crippen MR) is 68.4 cm³/mol. The van der Waals surface area contributed by atoms with Crippen molar-refractivity contribution in [1.82, 2.24) is 5.32 Å². The smallest absolute Gasteiger partial charge is 0.254 e. The molecule has 0 heterocycles. The van der Waals surface area contributed by atoms with Crippen LogP contribution < -0.4 is 5.32 Å². The van der Waals surface area contributed by atoms with E-state index >= 15 is 0 Å². The monoisotopic (exact) mass is 299 g/mol. The molecule has 1 saturated carbocycles. The molecule has 1 N–H and O–H groups in total. The zero-order chi connectivity index (χ0) is 12.3. The summed E-state index contributed by atoms with van der Waals surface area (Å²) in [6.07, 6.45) is 5.53. The molecule has 0 atom stereocenters. The van der Waals surface area contributed by atoms with Gasteiger partial charge in [-0.2, -0.15) is 0 Å². The summed E-state index contributed by atoms with van der Waals surface area (Å²) in [4.78, 5) is 11.9. The molecule has 0 unspecified atom stereocenters. The van der Waals surface area contributed by atoms with Crippen molar-refractivity contribution in [3.8, 4) is 0 Å². The van der Waals surface area contributed by atoms with Crippen LogP contribution in [0.1, 0.15) is 42.5 Å². The Balaban J connectivity index is 2.06. The van der Waals surface area contributed by atoms with Gasteiger partial charge in [0.05, 0.1) is 10.0 Å². The molecule has 2 rings (SSSR count). The maximum Gasteiger partial charge on any atom is 0.254 e. The van der Waals surface area contributed by atoms with Gasteiger partial charge in [0.1, 0.15) is 5.82 Å². The van der Waals surface area contributed by atoms with E-state index in [2.05, 4.69) is 21.2 Å². The number of hydrogen-bond acceptors (Lipinski definition) is 1. The molecule has 0 radical (unpaired) electrons. The quantitative estimate of drug-likeness (QED) is 0.887.